The van der Waals surface area contributed by atoms with E-state index in [0.29, 0.717) is 23.8 Å². The molecule has 4 rings (SSSR count). The van der Waals surface area contributed by atoms with Crippen molar-refractivity contribution in [1.82, 2.24) is 4.98 Å². The predicted octanol–water partition coefficient (Wildman–Crippen LogP) is 5.31. The van der Waals surface area contributed by atoms with Crippen molar-refractivity contribution in [2.75, 3.05) is 38.0 Å². The molecule has 0 bridgehead atoms. The number of esters is 1. The normalized spacial score (nSPS) is 14.9. The SMILES string of the molecule is COCc1ccc(N(C)c2ccc3c(c2)CCC[C@H]3CNc2cnccc2C(=O)OC)cc1. The third kappa shape index (κ3) is 5.17. The van der Waals surface area contributed by atoms with Gasteiger partial charge in [0.15, 0.2) is 0 Å². The number of nitrogens with one attached hydrogen (secondary N) is 1. The fourth-order valence-corrected chi connectivity index (χ4v) is 4.51. The van der Waals surface area contributed by atoms with E-state index in [0.717, 1.165) is 31.5 Å². The van der Waals surface area contributed by atoms with E-state index in [1.165, 1.54) is 29.5 Å². The fourth-order valence-electron chi connectivity index (χ4n) is 4.51. The van der Waals surface area contributed by atoms with Gasteiger partial charge in [-0.05, 0) is 66.3 Å². The second kappa shape index (κ2) is 10.5. The van der Waals surface area contributed by atoms with E-state index in [2.05, 4.69) is 64.7 Å². The molecule has 1 aromatic heterocycles. The highest BCUT2D eigenvalue weighted by Crippen LogP contribution is 2.35. The zero-order valence-electron chi connectivity index (χ0n) is 19.5. The van der Waals surface area contributed by atoms with E-state index in [4.69, 9.17) is 9.47 Å². The first-order valence-corrected chi connectivity index (χ1v) is 11.3. The van der Waals surface area contributed by atoms with Crippen LogP contribution in [-0.2, 0) is 22.5 Å². The van der Waals surface area contributed by atoms with E-state index < -0.39 is 0 Å². The van der Waals surface area contributed by atoms with Crippen molar-refractivity contribution < 1.29 is 14.3 Å². The maximum atomic E-state index is 12.1. The number of methoxy groups -OCH3 is 2. The summed E-state index contributed by atoms with van der Waals surface area (Å²) >= 11 is 0. The Hall–Kier alpha value is -3.38. The van der Waals surface area contributed by atoms with Gasteiger partial charge in [-0.2, -0.15) is 0 Å². The van der Waals surface area contributed by atoms with E-state index in [1.54, 1.807) is 25.6 Å². The number of anilines is 3. The first kappa shape index (κ1) is 22.8. The molecule has 6 nitrogen and oxygen atoms in total. The van der Waals surface area contributed by atoms with Gasteiger partial charge in [0.25, 0.3) is 0 Å². The first-order chi connectivity index (χ1) is 16.1. The van der Waals surface area contributed by atoms with Crippen molar-refractivity contribution >= 4 is 23.0 Å². The average Bonchev–Trinajstić information content (AvgIpc) is 2.87. The summed E-state index contributed by atoms with van der Waals surface area (Å²) < 4.78 is 10.1. The largest absolute Gasteiger partial charge is 0.465 e. The van der Waals surface area contributed by atoms with Crippen LogP contribution in [0.3, 0.4) is 0 Å². The van der Waals surface area contributed by atoms with Crippen molar-refractivity contribution in [3.8, 4) is 0 Å². The molecule has 3 aromatic rings. The summed E-state index contributed by atoms with van der Waals surface area (Å²) in [5, 5.41) is 3.43. The maximum Gasteiger partial charge on any atom is 0.340 e. The van der Waals surface area contributed by atoms with E-state index in [1.807, 2.05) is 0 Å². The Kier molecular flexibility index (Phi) is 7.25. The van der Waals surface area contributed by atoms with Crippen molar-refractivity contribution in [2.24, 2.45) is 0 Å². The van der Waals surface area contributed by atoms with Gasteiger partial charge in [-0.25, -0.2) is 4.79 Å². The lowest BCUT2D eigenvalue weighted by atomic mass is 9.82. The van der Waals surface area contributed by atoms with Crippen molar-refractivity contribution in [3.05, 3.63) is 83.2 Å². The van der Waals surface area contributed by atoms with Crippen LogP contribution in [0, 0.1) is 0 Å². The highest BCUT2D eigenvalue weighted by molar-refractivity contribution is 5.95. The Morgan fingerprint density at radius 1 is 1.12 bits per heavy atom. The van der Waals surface area contributed by atoms with Crippen molar-refractivity contribution in [2.45, 2.75) is 31.8 Å². The molecule has 33 heavy (non-hydrogen) atoms. The van der Waals surface area contributed by atoms with Gasteiger partial charge in [0.2, 0.25) is 0 Å². The molecular formula is C27H31N3O3. The van der Waals surface area contributed by atoms with Crippen molar-refractivity contribution in [3.63, 3.8) is 0 Å². The third-order valence-electron chi connectivity index (χ3n) is 6.35. The molecule has 0 saturated carbocycles. The molecule has 0 radical (unpaired) electrons. The van der Waals surface area contributed by atoms with Crippen molar-refractivity contribution in [1.29, 1.82) is 0 Å². The summed E-state index contributed by atoms with van der Waals surface area (Å²) in [6.07, 6.45) is 6.64. The Bertz CT molecular complexity index is 1100. The summed E-state index contributed by atoms with van der Waals surface area (Å²) in [7, 11) is 5.21. The number of carbonyl (C=O) groups excluding carboxylic acids is 1. The molecule has 1 heterocycles. The van der Waals surface area contributed by atoms with Gasteiger partial charge >= 0.3 is 5.97 Å². The third-order valence-corrected chi connectivity index (χ3v) is 6.35. The van der Waals surface area contributed by atoms with Crippen LogP contribution in [0.15, 0.2) is 60.9 Å². The average molecular weight is 446 g/mol. The minimum absolute atomic E-state index is 0.355. The zero-order valence-corrected chi connectivity index (χ0v) is 19.5. The molecule has 0 aliphatic heterocycles. The minimum Gasteiger partial charge on any atom is -0.465 e. The molecule has 0 saturated heterocycles. The lowest BCUT2D eigenvalue weighted by molar-refractivity contribution is 0.0601. The highest BCUT2D eigenvalue weighted by atomic mass is 16.5. The molecular weight excluding hydrogens is 414 g/mol. The van der Waals surface area contributed by atoms with Gasteiger partial charge in [0.05, 0.1) is 31.2 Å². The summed E-state index contributed by atoms with van der Waals surface area (Å²) in [6.45, 7) is 1.37. The Balaban J connectivity index is 1.49. The number of pyridine rings is 1. The van der Waals surface area contributed by atoms with Crippen LogP contribution in [0.5, 0.6) is 0 Å². The Morgan fingerprint density at radius 2 is 1.91 bits per heavy atom. The smallest absolute Gasteiger partial charge is 0.340 e. The second-order valence-corrected chi connectivity index (χ2v) is 8.42. The zero-order chi connectivity index (χ0) is 23.2. The van der Waals surface area contributed by atoms with Crippen LogP contribution in [-0.4, -0.2) is 38.8 Å². The molecule has 172 valence electrons. The topological polar surface area (TPSA) is 63.7 Å². The molecule has 2 aromatic carbocycles. The number of nitrogens with zero attached hydrogens (tertiary/aromatic N) is 2. The van der Waals surface area contributed by atoms with Crippen LogP contribution in [0.25, 0.3) is 0 Å². The van der Waals surface area contributed by atoms with E-state index >= 15 is 0 Å². The molecule has 1 N–H and O–H groups in total. The van der Waals surface area contributed by atoms with Gasteiger partial charge in [-0.1, -0.05) is 18.2 Å². The van der Waals surface area contributed by atoms with E-state index in [-0.39, 0.29) is 5.97 Å². The number of rotatable bonds is 8. The quantitative estimate of drug-likeness (QED) is 0.474. The van der Waals surface area contributed by atoms with Crippen LogP contribution < -0.4 is 10.2 Å². The maximum absolute atomic E-state index is 12.1. The molecule has 6 heteroatoms. The van der Waals surface area contributed by atoms with Gasteiger partial charge in [0.1, 0.15) is 0 Å². The Morgan fingerprint density at radius 3 is 2.67 bits per heavy atom. The van der Waals surface area contributed by atoms with Crippen LogP contribution >= 0.6 is 0 Å². The van der Waals surface area contributed by atoms with E-state index in [9.17, 15) is 4.79 Å². The predicted molar refractivity (Wildman–Crippen MR) is 131 cm³/mol. The summed E-state index contributed by atoms with van der Waals surface area (Å²) in [4.78, 5) is 18.4. The lowest BCUT2D eigenvalue weighted by Crippen LogP contribution is -2.20. The number of benzene rings is 2. The fraction of sp³-hybridized carbons (Fsp3) is 0.333. The number of ether oxygens (including phenoxy) is 2. The molecule has 0 fully saturated rings. The van der Waals surface area contributed by atoms with Crippen LogP contribution in [0.1, 0.15) is 45.8 Å². The number of hydrogen-bond acceptors (Lipinski definition) is 6. The lowest BCUT2D eigenvalue weighted by Gasteiger charge is -2.28. The number of carbonyl (C=O) groups is 1. The molecule has 0 unspecified atom stereocenters. The molecule has 1 aliphatic carbocycles. The van der Waals surface area contributed by atoms with Crippen LogP contribution in [0.4, 0.5) is 17.1 Å². The number of hydrogen-bond donors (Lipinski definition) is 1. The summed E-state index contributed by atoms with van der Waals surface area (Å²) in [6, 6.07) is 16.9. The molecule has 0 amide bonds. The number of aryl methyl sites for hydroxylation is 1. The number of aromatic nitrogens is 1. The summed E-state index contributed by atoms with van der Waals surface area (Å²) in [5.41, 5.74) is 7.50. The monoisotopic (exact) mass is 445 g/mol. The molecule has 0 spiro atoms. The molecule has 1 aliphatic rings. The molecule has 1 atom stereocenters. The second-order valence-electron chi connectivity index (χ2n) is 8.42. The summed E-state index contributed by atoms with van der Waals surface area (Å²) in [5.74, 6) is 0.0269. The minimum atomic E-state index is -0.355. The Labute approximate surface area is 195 Å². The first-order valence-electron chi connectivity index (χ1n) is 11.3. The van der Waals surface area contributed by atoms with Gasteiger partial charge in [-0.3, -0.25) is 4.98 Å². The number of fused-ring (bicyclic) bond motifs is 1. The standard InChI is InChI=1S/C27H31N3O3/c1-30(22-9-7-19(8-10-22)18-32-2)23-11-12-24-20(15-23)5-4-6-21(24)16-29-26-17-28-14-13-25(26)27(31)33-3/h7-15,17,21,29H,4-6,16,18H2,1-3H3/t21-/m0/s1. The van der Waals surface area contributed by atoms with Gasteiger partial charge < -0.3 is 19.7 Å². The van der Waals surface area contributed by atoms with Gasteiger partial charge in [0, 0.05) is 44.2 Å². The van der Waals surface area contributed by atoms with Gasteiger partial charge in [-0.15, -0.1) is 0 Å². The van der Waals surface area contributed by atoms with Crippen LogP contribution in [0.2, 0.25) is 0 Å². The highest BCUT2D eigenvalue weighted by Gasteiger charge is 2.22.